The van der Waals surface area contributed by atoms with E-state index in [1.807, 2.05) is 0 Å². The molecule has 6 heteroatoms. The lowest BCUT2D eigenvalue weighted by molar-refractivity contribution is 0.00863. The zero-order chi connectivity index (χ0) is 11.1. The molecule has 0 saturated carbocycles. The highest BCUT2D eigenvalue weighted by Crippen LogP contribution is 2.28. The number of rotatable bonds is 1. The van der Waals surface area contributed by atoms with Gasteiger partial charge >= 0.3 is 0 Å². The van der Waals surface area contributed by atoms with Crippen molar-refractivity contribution in [3.63, 3.8) is 0 Å². The van der Waals surface area contributed by atoms with Crippen molar-refractivity contribution in [3.05, 3.63) is 21.6 Å². The van der Waals surface area contributed by atoms with Gasteiger partial charge in [0.1, 0.15) is 11.0 Å². The summed E-state index contributed by atoms with van der Waals surface area (Å²) < 4.78 is 0.759. The minimum Gasteiger partial charge on any atom is -0.299 e. The first kappa shape index (κ1) is 10.9. The largest absolute Gasteiger partial charge is 0.299 e. The van der Waals surface area contributed by atoms with E-state index in [-0.39, 0.29) is 0 Å². The Labute approximate surface area is 108 Å². The standard InChI is InChI=1S/C10H12BrClN4/c11-7-5-13-10(14-9(7)12)8-6-15-1-3-16(8)4-2-15/h5,8H,1-4,6H2. The van der Waals surface area contributed by atoms with Crippen molar-refractivity contribution >= 4 is 27.5 Å². The Morgan fingerprint density at radius 2 is 2.06 bits per heavy atom. The topological polar surface area (TPSA) is 32.3 Å². The first-order valence-corrected chi connectivity index (χ1v) is 6.55. The molecule has 3 aliphatic rings. The number of nitrogens with zero attached hydrogens (tertiary/aromatic N) is 4. The Kier molecular flexibility index (Phi) is 2.87. The van der Waals surface area contributed by atoms with Crippen molar-refractivity contribution in [1.82, 2.24) is 19.8 Å². The van der Waals surface area contributed by atoms with Crippen molar-refractivity contribution in [1.29, 1.82) is 0 Å². The van der Waals surface area contributed by atoms with Crippen LogP contribution in [0.3, 0.4) is 0 Å². The molecule has 16 heavy (non-hydrogen) atoms. The van der Waals surface area contributed by atoms with E-state index in [2.05, 4.69) is 35.7 Å². The molecule has 1 unspecified atom stereocenters. The summed E-state index contributed by atoms with van der Waals surface area (Å²) in [6.07, 6.45) is 1.74. The van der Waals surface area contributed by atoms with Crippen LogP contribution in [0.5, 0.6) is 0 Å². The molecule has 86 valence electrons. The number of halogens is 2. The van der Waals surface area contributed by atoms with E-state index in [0.29, 0.717) is 11.2 Å². The monoisotopic (exact) mass is 302 g/mol. The van der Waals surface area contributed by atoms with Gasteiger partial charge in [0.15, 0.2) is 0 Å². The van der Waals surface area contributed by atoms with Gasteiger partial charge in [-0.25, -0.2) is 9.97 Å². The van der Waals surface area contributed by atoms with Gasteiger partial charge in [0.2, 0.25) is 0 Å². The molecule has 1 aromatic heterocycles. The fourth-order valence-electron chi connectivity index (χ4n) is 2.38. The third-order valence-corrected chi connectivity index (χ3v) is 4.39. The van der Waals surface area contributed by atoms with E-state index in [1.165, 1.54) is 13.1 Å². The molecule has 3 fully saturated rings. The summed E-state index contributed by atoms with van der Waals surface area (Å²) in [5, 5.41) is 0.502. The molecule has 2 bridgehead atoms. The maximum absolute atomic E-state index is 6.01. The minimum atomic E-state index is 0.313. The smallest absolute Gasteiger partial charge is 0.148 e. The summed E-state index contributed by atoms with van der Waals surface area (Å²) in [7, 11) is 0. The Balaban J connectivity index is 1.89. The van der Waals surface area contributed by atoms with Crippen LogP contribution in [0, 0.1) is 0 Å². The van der Waals surface area contributed by atoms with Crippen LogP contribution in [-0.2, 0) is 0 Å². The molecule has 1 atom stereocenters. The molecule has 0 amide bonds. The summed E-state index contributed by atoms with van der Waals surface area (Å²) >= 11 is 9.32. The average Bonchev–Trinajstić information content (AvgIpc) is 2.34. The second kappa shape index (κ2) is 4.22. The summed E-state index contributed by atoms with van der Waals surface area (Å²) in [4.78, 5) is 13.6. The molecule has 4 nitrogen and oxygen atoms in total. The van der Waals surface area contributed by atoms with Crippen LogP contribution in [0.4, 0.5) is 0 Å². The second-order valence-corrected chi connectivity index (χ2v) is 5.43. The van der Waals surface area contributed by atoms with E-state index in [4.69, 9.17) is 11.6 Å². The zero-order valence-electron chi connectivity index (χ0n) is 8.74. The normalized spacial score (nSPS) is 33.0. The van der Waals surface area contributed by atoms with Crippen molar-refractivity contribution in [3.8, 4) is 0 Å². The Morgan fingerprint density at radius 3 is 2.62 bits per heavy atom. The lowest BCUT2D eigenvalue weighted by Gasteiger charge is -2.46. The van der Waals surface area contributed by atoms with E-state index in [9.17, 15) is 0 Å². The summed E-state index contributed by atoms with van der Waals surface area (Å²) in [6.45, 7) is 5.59. The minimum absolute atomic E-state index is 0.313. The predicted octanol–water partition coefficient (Wildman–Crippen LogP) is 1.56. The number of hydrogen-bond acceptors (Lipinski definition) is 4. The van der Waals surface area contributed by atoms with E-state index in [0.717, 1.165) is 29.9 Å². The summed E-state index contributed by atoms with van der Waals surface area (Å²) in [5.74, 6) is 0.845. The third-order valence-electron chi connectivity index (χ3n) is 3.30. The Morgan fingerprint density at radius 1 is 1.31 bits per heavy atom. The third kappa shape index (κ3) is 1.86. The number of hydrogen-bond donors (Lipinski definition) is 0. The van der Waals surface area contributed by atoms with Gasteiger partial charge in [-0.3, -0.25) is 9.80 Å². The van der Waals surface area contributed by atoms with Crippen molar-refractivity contribution in [2.75, 3.05) is 32.7 Å². The number of fused-ring (bicyclic) bond motifs is 3. The quantitative estimate of drug-likeness (QED) is 0.737. The van der Waals surface area contributed by atoms with Gasteiger partial charge in [-0.1, -0.05) is 11.6 Å². The fraction of sp³-hybridized carbons (Fsp3) is 0.600. The van der Waals surface area contributed by atoms with Gasteiger partial charge in [0.05, 0.1) is 10.5 Å². The van der Waals surface area contributed by atoms with Gasteiger partial charge in [0, 0.05) is 38.9 Å². The molecule has 0 spiro atoms. The number of aromatic nitrogens is 2. The molecule has 0 N–H and O–H groups in total. The van der Waals surface area contributed by atoms with E-state index < -0.39 is 0 Å². The lowest BCUT2D eigenvalue weighted by Crippen LogP contribution is -2.57. The Bertz CT molecular complexity index is 406. The second-order valence-electron chi connectivity index (χ2n) is 4.22. The summed E-state index contributed by atoms with van der Waals surface area (Å²) in [6, 6.07) is 0.313. The number of piperazine rings is 3. The molecule has 3 aliphatic heterocycles. The molecule has 0 aromatic carbocycles. The van der Waals surface area contributed by atoms with Crippen molar-refractivity contribution in [2.24, 2.45) is 0 Å². The predicted molar refractivity (Wildman–Crippen MR) is 65.5 cm³/mol. The van der Waals surface area contributed by atoms with Crippen LogP contribution in [0.25, 0.3) is 0 Å². The lowest BCUT2D eigenvalue weighted by atomic mass is 10.1. The molecule has 1 aromatic rings. The van der Waals surface area contributed by atoms with Crippen LogP contribution in [0.15, 0.2) is 10.7 Å². The molecular weight excluding hydrogens is 291 g/mol. The van der Waals surface area contributed by atoms with Crippen LogP contribution in [0.1, 0.15) is 11.9 Å². The van der Waals surface area contributed by atoms with Gasteiger partial charge in [-0.2, -0.15) is 0 Å². The highest BCUT2D eigenvalue weighted by molar-refractivity contribution is 9.10. The molecule has 4 rings (SSSR count). The average molecular weight is 304 g/mol. The molecule has 3 saturated heterocycles. The van der Waals surface area contributed by atoms with Gasteiger partial charge in [-0.15, -0.1) is 0 Å². The first-order valence-electron chi connectivity index (χ1n) is 5.38. The van der Waals surface area contributed by atoms with Gasteiger partial charge in [0.25, 0.3) is 0 Å². The van der Waals surface area contributed by atoms with Gasteiger partial charge < -0.3 is 0 Å². The first-order chi connectivity index (χ1) is 7.74. The van der Waals surface area contributed by atoms with Crippen LogP contribution in [0.2, 0.25) is 5.15 Å². The summed E-state index contributed by atoms with van der Waals surface area (Å²) in [5.41, 5.74) is 0. The maximum Gasteiger partial charge on any atom is 0.148 e. The Hall–Kier alpha value is -0.230. The maximum atomic E-state index is 6.01. The molecule has 0 aliphatic carbocycles. The van der Waals surface area contributed by atoms with Crippen molar-refractivity contribution in [2.45, 2.75) is 6.04 Å². The van der Waals surface area contributed by atoms with E-state index in [1.54, 1.807) is 6.20 Å². The molecule has 4 heterocycles. The van der Waals surface area contributed by atoms with Crippen LogP contribution in [-0.4, -0.2) is 52.5 Å². The molecule has 0 radical (unpaired) electrons. The zero-order valence-corrected chi connectivity index (χ0v) is 11.1. The SMILES string of the molecule is Clc1nc(C2CN3CCN2CC3)ncc1Br. The van der Waals surface area contributed by atoms with E-state index >= 15 is 0 Å². The fourth-order valence-corrected chi connectivity index (χ4v) is 2.71. The van der Waals surface area contributed by atoms with Crippen molar-refractivity contribution < 1.29 is 0 Å². The highest BCUT2D eigenvalue weighted by Gasteiger charge is 2.34. The highest BCUT2D eigenvalue weighted by atomic mass is 79.9. The van der Waals surface area contributed by atoms with Gasteiger partial charge in [-0.05, 0) is 15.9 Å². The van der Waals surface area contributed by atoms with Crippen LogP contribution >= 0.6 is 27.5 Å². The molecular formula is C10H12BrClN4. The van der Waals surface area contributed by atoms with Crippen LogP contribution < -0.4 is 0 Å².